The van der Waals surface area contributed by atoms with E-state index in [-0.39, 0.29) is 29.2 Å². The highest BCUT2D eigenvalue weighted by Gasteiger charge is 2.37. The van der Waals surface area contributed by atoms with E-state index in [1.807, 2.05) is 30.3 Å². The average Bonchev–Trinajstić information content (AvgIpc) is 3.80. The molecule has 5 rings (SSSR count). The first-order chi connectivity index (χ1) is 19.3. The Bertz CT molecular complexity index is 1350. The van der Waals surface area contributed by atoms with Gasteiger partial charge in [-0.3, -0.25) is 4.79 Å². The molecule has 212 valence electrons. The average molecular weight is 547 g/mol. The van der Waals surface area contributed by atoms with Gasteiger partial charge in [-0.05, 0) is 102 Å². The summed E-state index contributed by atoms with van der Waals surface area (Å²) in [4.78, 5) is 12.0. The van der Waals surface area contributed by atoms with Crippen LogP contribution in [0.15, 0.2) is 60.7 Å². The molecule has 0 bridgehead atoms. The Balaban J connectivity index is 1.43. The van der Waals surface area contributed by atoms with E-state index in [0.717, 1.165) is 53.7 Å². The van der Waals surface area contributed by atoms with E-state index in [1.165, 1.54) is 13.2 Å². The van der Waals surface area contributed by atoms with Gasteiger partial charge in [-0.15, -0.1) is 0 Å². The van der Waals surface area contributed by atoms with Crippen molar-refractivity contribution in [1.82, 2.24) is 0 Å². The van der Waals surface area contributed by atoms with Gasteiger partial charge >= 0.3 is 5.97 Å². The van der Waals surface area contributed by atoms with Crippen LogP contribution in [-0.4, -0.2) is 26.8 Å². The minimum absolute atomic E-state index is 0.104. The molecule has 1 heterocycles. The topological polar surface area (TPSA) is 54.0 Å². The highest BCUT2D eigenvalue weighted by atomic mass is 19.1. The van der Waals surface area contributed by atoms with Gasteiger partial charge in [-0.1, -0.05) is 38.1 Å². The van der Waals surface area contributed by atoms with Gasteiger partial charge in [0.05, 0.1) is 26.7 Å². The fraction of sp³-hybridized carbons (Fsp3) is 0.441. The summed E-state index contributed by atoms with van der Waals surface area (Å²) in [6, 6.07) is 18.9. The first-order valence-corrected chi connectivity index (χ1v) is 14.2. The predicted octanol–water partition coefficient (Wildman–Crippen LogP) is 8.01. The van der Waals surface area contributed by atoms with Crippen molar-refractivity contribution < 1.29 is 28.1 Å². The SMILES string of the molecule is COC(=O)C[C@H](c1cccc(OCc2ccc(-c3cc(OC)ccc3F)c(C3OCCCC3(C)C)c2)c1)C1CC1. The number of methoxy groups -OCH3 is 2. The number of carbonyl (C=O) groups is 1. The van der Waals surface area contributed by atoms with Crippen LogP contribution in [0.25, 0.3) is 11.1 Å². The van der Waals surface area contributed by atoms with Crippen LogP contribution in [0, 0.1) is 17.2 Å². The molecule has 0 N–H and O–H groups in total. The van der Waals surface area contributed by atoms with E-state index in [0.29, 0.717) is 36.9 Å². The molecule has 2 aliphatic rings. The van der Waals surface area contributed by atoms with Crippen LogP contribution >= 0.6 is 0 Å². The number of carbonyl (C=O) groups excluding carboxylic acids is 1. The maximum Gasteiger partial charge on any atom is 0.306 e. The summed E-state index contributed by atoms with van der Waals surface area (Å²) in [6.07, 6.45) is 4.50. The molecule has 1 saturated carbocycles. The van der Waals surface area contributed by atoms with Gasteiger partial charge in [-0.25, -0.2) is 4.39 Å². The second-order valence-corrected chi connectivity index (χ2v) is 11.7. The minimum atomic E-state index is -0.298. The zero-order valence-corrected chi connectivity index (χ0v) is 23.9. The third-order valence-corrected chi connectivity index (χ3v) is 8.32. The molecule has 5 nitrogen and oxygen atoms in total. The van der Waals surface area contributed by atoms with Crippen molar-refractivity contribution in [3.05, 3.63) is 83.2 Å². The Morgan fingerprint density at radius 3 is 2.58 bits per heavy atom. The van der Waals surface area contributed by atoms with Crippen LogP contribution in [0.2, 0.25) is 0 Å². The molecule has 0 spiro atoms. The van der Waals surface area contributed by atoms with E-state index in [4.69, 9.17) is 18.9 Å². The van der Waals surface area contributed by atoms with Crippen molar-refractivity contribution >= 4 is 5.97 Å². The summed E-state index contributed by atoms with van der Waals surface area (Å²) in [5, 5.41) is 0. The monoisotopic (exact) mass is 546 g/mol. The number of ether oxygens (including phenoxy) is 4. The Morgan fingerprint density at radius 1 is 1.02 bits per heavy atom. The Hall–Kier alpha value is -3.38. The van der Waals surface area contributed by atoms with Crippen molar-refractivity contribution in [3.63, 3.8) is 0 Å². The summed E-state index contributed by atoms with van der Waals surface area (Å²) in [6.45, 7) is 5.45. The third kappa shape index (κ3) is 6.33. The molecule has 1 aliphatic heterocycles. The molecule has 1 saturated heterocycles. The molecule has 1 unspecified atom stereocenters. The van der Waals surface area contributed by atoms with Gasteiger partial charge in [-0.2, -0.15) is 0 Å². The molecule has 2 fully saturated rings. The lowest BCUT2D eigenvalue weighted by atomic mass is 9.75. The van der Waals surface area contributed by atoms with Gasteiger partial charge in [0.25, 0.3) is 0 Å². The van der Waals surface area contributed by atoms with Gasteiger partial charge in [0.1, 0.15) is 23.9 Å². The van der Waals surface area contributed by atoms with Gasteiger partial charge < -0.3 is 18.9 Å². The van der Waals surface area contributed by atoms with Crippen molar-refractivity contribution in [1.29, 1.82) is 0 Å². The number of benzene rings is 3. The molecular formula is C34H39FO5. The van der Waals surface area contributed by atoms with Crippen molar-refractivity contribution in [3.8, 4) is 22.6 Å². The third-order valence-electron chi connectivity index (χ3n) is 8.32. The zero-order chi connectivity index (χ0) is 28.3. The molecule has 0 amide bonds. The largest absolute Gasteiger partial charge is 0.497 e. The Kier molecular flexibility index (Phi) is 8.46. The first kappa shape index (κ1) is 28.2. The fourth-order valence-electron chi connectivity index (χ4n) is 5.92. The zero-order valence-electron chi connectivity index (χ0n) is 23.9. The van der Waals surface area contributed by atoms with Crippen LogP contribution in [0.1, 0.15) is 74.7 Å². The molecule has 0 radical (unpaired) electrons. The first-order valence-electron chi connectivity index (χ1n) is 14.2. The molecule has 40 heavy (non-hydrogen) atoms. The molecule has 3 aromatic rings. The van der Waals surface area contributed by atoms with Crippen LogP contribution in [0.5, 0.6) is 11.5 Å². The van der Waals surface area contributed by atoms with E-state index in [1.54, 1.807) is 19.2 Å². The molecule has 2 atom stereocenters. The predicted molar refractivity (Wildman–Crippen MR) is 153 cm³/mol. The fourth-order valence-corrected chi connectivity index (χ4v) is 5.92. The van der Waals surface area contributed by atoms with E-state index in [2.05, 4.69) is 26.0 Å². The summed E-state index contributed by atoms with van der Waals surface area (Å²) in [7, 11) is 3.02. The highest BCUT2D eigenvalue weighted by molar-refractivity contribution is 5.71. The van der Waals surface area contributed by atoms with Crippen LogP contribution in [-0.2, 0) is 20.9 Å². The van der Waals surface area contributed by atoms with Gasteiger partial charge in [0, 0.05) is 12.2 Å². The Labute approximate surface area is 236 Å². The van der Waals surface area contributed by atoms with Gasteiger partial charge in [0.2, 0.25) is 0 Å². The number of esters is 1. The van der Waals surface area contributed by atoms with E-state index >= 15 is 4.39 Å². The summed E-state index contributed by atoms with van der Waals surface area (Å²) in [5.74, 6) is 1.54. The standard InChI is InChI=1S/C34H39FO5/c1-34(2)15-6-16-39-33(34)30-17-22(9-13-27(30)29-19-25(37-3)12-14-31(29)35)21-40-26-8-5-7-24(18-26)28(23-10-11-23)20-32(36)38-4/h5,7-9,12-14,17-19,23,28,33H,6,10-11,15-16,20-21H2,1-4H3/t28-,33?/m0/s1. The summed E-state index contributed by atoms with van der Waals surface area (Å²) >= 11 is 0. The minimum Gasteiger partial charge on any atom is -0.497 e. The normalized spacial score (nSPS) is 19.1. The van der Waals surface area contributed by atoms with Gasteiger partial charge in [0.15, 0.2) is 0 Å². The number of halogens is 1. The number of rotatable bonds is 10. The number of hydrogen-bond donors (Lipinski definition) is 0. The Morgan fingerprint density at radius 2 is 1.85 bits per heavy atom. The van der Waals surface area contributed by atoms with Crippen LogP contribution < -0.4 is 9.47 Å². The lowest BCUT2D eigenvalue weighted by Crippen LogP contribution is -2.30. The second-order valence-electron chi connectivity index (χ2n) is 11.7. The molecule has 0 aromatic heterocycles. The summed E-state index contributed by atoms with van der Waals surface area (Å²) in [5.41, 5.74) is 4.23. The maximum absolute atomic E-state index is 15.1. The number of hydrogen-bond acceptors (Lipinski definition) is 5. The lowest BCUT2D eigenvalue weighted by molar-refractivity contribution is -0.141. The van der Waals surface area contributed by atoms with Crippen molar-refractivity contribution in [2.45, 2.75) is 64.6 Å². The smallest absolute Gasteiger partial charge is 0.306 e. The molecular weight excluding hydrogens is 507 g/mol. The van der Waals surface area contributed by atoms with E-state index in [9.17, 15) is 4.79 Å². The maximum atomic E-state index is 15.1. The lowest BCUT2D eigenvalue weighted by Gasteiger charge is -2.39. The highest BCUT2D eigenvalue weighted by Crippen LogP contribution is 2.48. The van der Waals surface area contributed by atoms with Crippen molar-refractivity contribution in [2.24, 2.45) is 11.3 Å². The second kappa shape index (κ2) is 12.0. The quantitative estimate of drug-likeness (QED) is 0.241. The molecule has 1 aliphatic carbocycles. The molecule has 3 aromatic carbocycles. The molecule has 6 heteroatoms. The van der Waals surface area contributed by atoms with Crippen LogP contribution in [0.3, 0.4) is 0 Å². The summed E-state index contributed by atoms with van der Waals surface area (Å²) < 4.78 is 38.1. The van der Waals surface area contributed by atoms with E-state index < -0.39 is 0 Å². The van der Waals surface area contributed by atoms with Crippen molar-refractivity contribution in [2.75, 3.05) is 20.8 Å². The van der Waals surface area contributed by atoms with Crippen LogP contribution in [0.4, 0.5) is 4.39 Å².